The van der Waals surface area contributed by atoms with Crippen LogP contribution in [0.1, 0.15) is 50.9 Å². The summed E-state index contributed by atoms with van der Waals surface area (Å²) in [5.41, 5.74) is 1.45. The lowest BCUT2D eigenvalue weighted by Gasteiger charge is -2.12. The summed E-state index contributed by atoms with van der Waals surface area (Å²) in [7, 11) is 1.51. The van der Waals surface area contributed by atoms with Crippen molar-refractivity contribution in [2.45, 2.75) is 32.6 Å². The third kappa shape index (κ3) is 5.04. The minimum Gasteiger partial charge on any atom is -0.497 e. The van der Waals surface area contributed by atoms with Crippen LogP contribution in [0.5, 0.6) is 5.75 Å². The van der Waals surface area contributed by atoms with Gasteiger partial charge in [-0.3, -0.25) is 19.7 Å². The zero-order chi connectivity index (χ0) is 21.7. The van der Waals surface area contributed by atoms with E-state index in [0.717, 1.165) is 36.1 Å². The van der Waals surface area contributed by atoms with E-state index in [-0.39, 0.29) is 11.5 Å². The summed E-state index contributed by atoms with van der Waals surface area (Å²) in [5, 5.41) is 5.30. The van der Waals surface area contributed by atoms with Gasteiger partial charge in [-0.15, -0.1) is 11.3 Å². The quantitative estimate of drug-likeness (QED) is 0.682. The Morgan fingerprint density at radius 3 is 2.43 bits per heavy atom. The van der Waals surface area contributed by atoms with Crippen LogP contribution in [0, 0.1) is 0 Å². The maximum Gasteiger partial charge on any atom is 0.341 e. The molecule has 158 valence electrons. The van der Waals surface area contributed by atoms with Crippen molar-refractivity contribution in [1.29, 1.82) is 0 Å². The van der Waals surface area contributed by atoms with Crippen LogP contribution in [0.25, 0.3) is 0 Å². The third-order valence-corrected chi connectivity index (χ3v) is 5.81. The summed E-state index contributed by atoms with van der Waals surface area (Å²) >= 11 is 1.37. The first-order chi connectivity index (χ1) is 14.4. The summed E-state index contributed by atoms with van der Waals surface area (Å²) in [6, 6.07) is 6.24. The Kier molecular flexibility index (Phi) is 6.83. The van der Waals surface area contributed by atoms with Crippen molar-refractivity contribution in [3.8, 4) is 5.75 Å². The molecule has 9 heteroatoms. The standard InChI is InChI=1S/C21H22N2O6S/c1-12(24)22-20-18(15-5-3-4-6-16(15)30-20)21(27)29-11-17(25)23-19(26)13-7-9-14(28-2)10-8-13/h7-10H,3-6,11H2,1-2H3,(H,22,24)(H,23,25,26). The number of nitrogens with one attached hydrogen (secondary N) is 2. The van der Waals surface area contributed by atoms with Gasteiger partial charge < -0.3 is 14.8 Å². The molecule has 1 aromatic carbocycles. The molecule has 0 aliphatic heterocycles. The van der Waals surface area contributed by atoms with Gasteiger partial charge in [0.05, 0.1) is 12.7 Å². The number of esters is 1. The van der Waals surface area contributed by atoms with Crippen LogP contribution in [-0.2, 0) is 27.2 Å². The number of imide groups is 1. The molecule has 2 aromatic rings. The number of anilines is 1. The van der Waals surface area contributed by atoms with Crippen LogP contribution in [0.2, 0.25) is 0 Å². The maximum absolute atomic E-state index is 12.7. The number of benzene rings is 1. The summed E-state index contributed by atoms with van der Waals surface area (Å²) < 4.78 is 10.2. The van der Waals surface area contributed by atoms with Crippen molar-refractivity contribution in [3.05, 3.63) is 45.8 Å². The average Bonchev–Trinajstić information content (AvgIpc) is 3.09. The highest BCUT2D eigenvalue weighted by Crippen LogP contribution is 2.38. The number of hydrogen-bond donors (Lipinski definition) is 2. The fraction of sp³-hybridized carbons (Fsp3) is 0.333. The minimum atomic E-state index is -0.741. The molecule has 3 amide bonds. The second kappa shape index (κ2) is 9.53. The molecule has 3 rings (SSSR count). The normalized spacial score (nSPS) is 12.5. The van der Waals surface area contributed by atoms with Gasteiger partial charge in [0.1, 0.15) is 10.8 Å². The molecule has 30 heavy (non-hydrogen) atoms. The number of carbonyl (C=O) groups excluding carboxylic acids is 4. The molecule has 0 saturated carbocycles. The Balaban J connectivity index is 1.63. The van der Waals surface area contributed by atoms with Crippen molar-refractivity contribution in [1.82, 2.24) is 5.32 Å². The number of ether oxygens (including phenoxy) is 2. The van der Waals surface area contributed by atoms with Gasteiger partial charge in [0.2, 0.25) is 5.91 Å². The number of fused-ring (bicyclic) bond motifs is 1. The average molecular weight is 430 g/mol. The van der Waals surface area contributed by atoms with E-state index in [4.69, 9.17) is 9.47 Å². The first-order valence-corrected chi connectivity index (χ1v) is 10.3. The molecular formula is C21H22N2O6S. The van der Waals surface area contributed by atoms with Crippen LogP contribution < -0.4 is 15.4 Å². The molecule has 0 spiro atoms. The number of hydrogen-bond acceptors (Lipinski definition) is 7. The number of amides is 3. The first-order valence-electron chi connectivity index (χ1n) is 9.46. The van der Waals surface area contributed by atoms with E-state index in [9.17, 15) is 19.2 Å². The van der Waals surface area contributed by atoms with Crippen LogP contribution in [0.4, 0.5) is 5.00 Å². The fourth-order valence-corrected chi connectivity index (χ4v) is 4.53. The molecule has 1 aliphatic carbocycles. The Morgan fingerprint density at radius 1 is 1.07 bits per heavy atom. The van der Waals surface area contributed by atoms with Gasteiger partial charge in [0.25, 0.3) is 11.8 Å². The molecule has 1 heterocycles. The number of carbonyl (C=O) groups is 4. The van der Waals surface area contributed by atoms with E-state index in [2.05, 4.69) is 10.6 Å². The van der Waals surface area contributed by atoms with Gasteiger partial charge in [0.15, 0.2) is 6.61 Å². The number of aryl methyl sites for hydroxylation is 1. The molecule has 0 fully saturated rings. The second-order valence-corrected chi connectivity index (χ2v) is 7.88. The predicted molar refractivity (Wildman–Crippen MR) is 111 cm³/mol. The van der Waals surface area contributed by atoms with Crippen LogP contribution in [0.15, 0.2) is 24.3 Å². The highest BCUT2D eigenvalue weighted by molar-refractivity contribution is 7.17. The number of methoxy groups -OCH3 is 1. The number of thiophene rings is 1. The third-order valence-electron chi connectivity index (χ3n) is 4.60. The van der Waals surface area contributed by atoms with Crippen molar-refractivity contribution < 1.29 is 28.7 Å². The van der Waals surface area contributed by atoms with E-state index in [1.165, 1.54) is 37.5 Å². The molecule has 2 N–H and O–H groups in total. The molecule has 0 unspecified atom stereocenters. The summed E-state index contributed by atoms with van der Waals surface area (Å²) in [4.78, 5) is 49.4. The van der Waals surface area contributed by atoms with E-state index in [1.54, 1.807) is 12.1 Å². The van der Waals surface area contributed by atoms with E-state index < -0.39 is 24.4 Å². The Labute approximate surface area is 177 Å². The van der Waals surface area contributed by atoms with Gasteiger partial charge >= 0.3 is 5.97 Å². The largest absolute Gasteiger partial charge is 0.497 e. The predicted octanol–water partition coefficient (Wildman–Crippen LogP) is 2.71. The first kappa shape index (κ1) is 21.5. The second-order valence-electron chi connectivity index (χ2n) is 6.78. The molecule has 1 aromatic heterocycles. The smallest absolute Gasteiger partial charge is 0.341 e. The molecule has 1 aliphatic rings. The van der Waals surface area contributed by atoms with Crippen molar-refractivity contribution in [2.24, 2.45) is 0 Å². The van der Waals surface area contributed by atoms with Gasteiger partial charge in [0, 0.05) is 17.4 Å². The van der Waals surface area contributed by atoms with Crippen LogP contribution in [-0.4, -0.2) is 37.4 Å². The zero-order valence-corrected chi connectivity index (χ0v) is 17.5. The van der Waals surface area contributed by atoms with Gasteiger partial charge in [-0.05, 0) is 55.5 Å². The molecular weight excluding hydrogens is 408 g/mol. The molecule has 0 saturated heterocycles. The van der Waals surface area contributed by atoms with E-state index in [1.807, 2.05) is 0 Å². The van der Waals surface area contributed by atoms with Gasteiger partial charge in [-0.1, -0.05) is 0 Å². The number of rotatable bonds is 6. The lowest BCUT2D eigenvalue weighted by molar-refractivity contribution is -0.123. The van der Waals surface area contributed by atoms with E-state index in [0.29, 0.717) is 16.3 Å². The molecule has 0 bridgehead atoms. The lowest BCUT2D eigenvalue weighted by Crippen LogP contribution is -2.34. The fourth-order valence-electron chi connectivity index (χ4n) is 3.21. The van der Waals surface area contributed by atoms with Crippen LogP contribution >= 0.6 is 11.3 Å². The monoisotopic (exact) mass is 430 g/mol. The van der Waals surface area contributed by atoms with Crippen molar-refractivity contribution in [3.63, 3.8) is 0 Å². The highest BCUT2D eigenvalue weighted by atomic mass is 32.1. The lowest BCUT2D eigenvalue weighted by atomic mass is 9.95. The molecule has 8 nitrogen and oxygen atoms in total. The zero-order valence-electron chi connectivity index (χ0n) is 16.7. The Hall–Kier alpha value is -3.20. The topological polar surface area (TPSA) is 111 Å². The molecule has 0 atom stereocenters. The maximum atomic E-state index is 12.7. The Bertz CT molecular complexity index is 980. The van der Waals surface area contributed by atoms with E-state index >= 15 is 0 Å². The van der Waals surface area contributed by atoms with Gasteiger partial charge in [-0.2, -0.15) is 0 Å². The summed E-state index contributed by atoms with van der Waals surface area (Å²) in [5.74, 6) is -1.74. The SMILES string of the molecule is COc1ccc(C(=O)NC(=O)COC(=O)c2c(NC(C)=O)sc3c2CCCC3)cc1. The molecule has 0 radical (unpaired) electrons. The highest BCUT2D eigenvalue weighted by Gasteiger charge is 2.27. The van der Waals surface area contributed by atoms with Crippen molar-refractivity contribution in [2.75, 3.05) is 19.0 Å². The minimum absolute atomic E-state index is 0.273. The van der Waals surface area contributed by atoms with Crippen LogP contribution in [0.3, 0.4) is 0 Å². The summed E-state index contributed by atoms with van der Waals surface area (Å²) in [6.07, 6.45) is 3.53. The Morgan fingerprint density at radius 2 is 1.77 bits per heavy atom. The summed E-state index contributed by atoms with van der Waals surface area (Å²) in [6.45, 7) is 0.761. The van der Waals surface area contributed by atoms with Crippen molar-refractivity contribution >= 4 is 40.0 Å². The van der Waals surface area contributed by atoms with Gasteiger partial charge in [-0.25, -0.2) is 4.79 Å².